The number of fused-ring (bicyclic) bond motifs is 1. The lowest BCUT2D eigenvalue weighted by atomic mass is 10.0. The first kappa shape index (κ1) is 17.4. The Kier molecular flexibility index (Phi) is 5.02. The van der Waals surface area contributed by atoms with Crippen LogP contribution in [-0.2, 0) is 6.54 Å². The van der Waals surface area contributed by atoms with Gasteiger partial charge in [0.2, 0.25) is 0 Å². The molecule has 0 radical (unpaired) electrons. The Hall–Kier alpha value is -1.65. The first-order valence-corrected chi connectivity index (χ1v) is 11.0. The minimum Gasteiger partial charge on any atom is -0.356 e. The predicted molar refractivity (Wildman–Crippen MR) is 112 cm³/mol. The molecule has 3 heterocycles. The second-order valence-corrected chi connectivity index (χ2v) is 8.63. The number of nitrogens with one attached hydrogen (secondary N) is 1. The second-order valence-electron chi connectivity index (χ2n) is 8.63. The molecule has 3 aliphatic rings. The van der Waals surface area contributed by atoms with E-state index in [2.05, 4.69) is 45.4 Å². The highest BCUT2D eigenvalue weighted by Gasteiger charge is 2.31. The van der Waals surface area contributed by atoms with Gasteiger partial charge in [0.25, 0.3) is 0 Å². The summed E-state index contributed by atoms with van der Waals surface area (Å²) >= 11 is 0. The summed E-state index contributed by atoms with van der Waals surface area (Å²) in [7, 11) is 0. The molecule has 0 atom stereocenters. The van der Waals surface area contributed by atoms with Crippen molar-refractivity contribution in [3.63, 3.8) is 0 Å². The van der Waals surface area contributed by atoms with Gasteiger partial charge >= 0.3 is 0 Å². The summed E-state index contributed by atoms with van der Waals surface area (Å²) in [5.74, 6) is 1.22. The molecule has 2 aromatic rings. The van der Waals surface area contributed by atoms with E-state index >= 15 is 0 Å². The summed E-state index contributed by atoms with van der Waals surface area (Å²) in [5, 5.41) is 5.13. The fourth-order valence-electron chi connectivity index (χ4n) is 4.82. The zero-order valence-electron chi connectivity index (χ0n) is 16.4. The number of benzene rings is 1. The molecule has 1 saturated carbocycles. The molecule has 1 N–H and O–H groups in total. The lowest BCUT2D eigenvalue weighted by molar-refractivity contribution is 0.189. The molecule has 5 rings (SSSR count). The van der Waals surface area contributed by atoms with E-state index in [0.717, 1.165) is 31.2 Å². The number of likely N-dealkylation sites (tertiary alicyclic amines) is 1. The Morgan fingerprint density at radius 2 is 1.70 bits per heavy atom. The van der Waals surface area contributed by atoms with Crippen LogP contribution in [0.4, 0.5) is 5.82 Å². The van der Waals surface area contributed by atoms with Crippen LogP contribution in [0.1, 0.15) is 50.5 Å². The lowest BCUT2D eigenvalue weighted by Gasteiger charge is -2.33. The van der Waals surface area contributed by atoms with Crippen LogP contribution in [0.25, 0.3) is 10.9 Å². The van der Waals surface area contributed by atoms with Crippen molar-refractivity contribution in [3.05, 3.63) is 35.9 Å². The van der Waals surface area contributed by atoms with Gasteiger partial charge in [-0.05, 0) is 70.2 Å². The zero-order chi connectivity index (χ0) is 18.1. The molecule has 1 aromatic heterocycles. The van der Waals surface area contributed by atoms with Crippen molar-refractivity contribution in [2.75, 3.05) is 31.1 Å². The second kappa shape index (κ2) is 7.76. The number of rotatable bonds is 5. The Morgan fingerprint density at radius 3 is 2.48 bits per heavy atom. The summed E-state index contributed by atoms with van der Waals surface area (Å²) in [4.78, 5) is 10.3. The van der Waals surface area contributed by atoms with Gasteiger partial charge in [0.15, 0.2) is 0 Å². The van der Waals surface area contributed by atoms with E-state index in [1.807, 2.05) is 0 Å². The van der Waals surface area contributed by atoms with E-state index in [-0.39, 0.29) is 0 Å². The molecule has 4 heteroatoms. The lowest BCUT2D eigenvalue weighted by Crippen LogP contribution is -2.43. The molecule has 2 saturated heterocycles. The molecule has 144 valence electrons. The van der Waals surface area contributed by atoms with Crippen molar-refractivity contribution in [3.8, 4) is 0 Å². The van der Waals surface area contributed by atoms with Gasteiger partial charge in [-0.2, -0.15) is 0 Å². The van der Waals surface area contributed by atoms with E-state index in [1.165, 1.54) is 74.8 Å². The predicted octanol–water partition coefficient (Wildman–Crippen LogP) is 3.94. The minimum atomic E-state index is 0.653. The molecule has 1 aromatic carbocycles. The fourth-order valence-corrected chi connectivity index (χ4v) is 4.82. The third-order valence-corrected chi connectivity index (χ3v) is 6.61. The molecule has 2 aliphatic heterocycles. The maximum absolute atomic E-state index is 5.08. The number of para-hydroxylation sites is 1. The van der Waals surface area contributed by atoms with Crippen LogP contribution in [0, 0.1) is 0 Å². The van der Waals surface area contributed by atoms with Crippen molar-refractivity contribution in [2.24, 2.45) is 0 Å². The van der Waals surface area contributed by atoms with Crippen LogP contribution in [0.15, 0.2) is 30.3 Å². The topological polar surface area (TPSA) is 31.4 Å². The molecular formula is C23H32N4. The maximum atomic E-state index is 5.08. The van der Waals surface area contributed by atoms with Crippen molar-refractivity contribution in [2.45, 2.75) is 63.6 Å². The van der Waals surface area contributed by atoms with Gasteiger partial charge < -0.3 is 15.1 Å². The third-order valence-electron chi connectivity index (χ3n) is 6.61. The van der Waals surface area contributed by atoms with Crippen molar-refractivity contribution < 1.29 is 0 Å². The van der Waals surface area contributed by atoms with E-state index in [9.17, 15) is 0 Å². The quantitative estimate of drug-likeness (QED) is 0.871. The zero-order valence-corrected chi connectivity index (χ0v) is 16.4. The number of hydrogen-bond donors (Lipinski definition) is 1. The Morgan fingerprint density at radius 1 is 0.926 bits per heavy atom. The van der Waals surface area contributed by atoms with Crippen molar-refractivity contribution in [1.29, 1.82) is 0 Å². The largest absolute Gasteiger partial charge is 0.356 e. The number of pyridine rings is 1. The minimum absolute atomic E-state index is 0.653. The summed E-state index contributed by atoms with van der Waals surface area (Å²) < 4.78 is 0. The summed E-state index contributed by atoms with van der Waals surface area (Å²) in [6.07, 6.45) is 9.38. The van der Waals surface area contributed by atoms with Crippen molar-refractivity contribution >= 4 is 16.7 Å². The van der Waals surface area contributed by atoms with Crippen LogP contribution >= 0.6 is 0 Å². The van der Waals surface area contributed by atoms with Gasteiger partial charge in [-0.3, -0.25) is 0 Å². The van der Waals surface area contributed by atoms with Gasteiger partial charge in [0.1, 0.15) is 5.82 Å². The average Bonchev–Trinajstić information content (AvgIpc) is 3.58. The van der Waals surface area contributed by atoms with Crippen LogP contribution in [0.3, 0.4) is 0 Å². The molecule has 0 spiro atoms. The highest BCUT2D eigenvalue weighted by molar-refractivity contribution is 5.81. The van der Waals surface area contributed by atoms with Crippen LogP contribution in [0.5, 0.6) is 0 Å². The van der Waals surface area contributed by atoms with Crippen LogP contribution < -0.4 is 10.2 Å². The van der Waals surface area contributed by atoms with Gasteiger partial charge in [-0.15, -0.1) is 0 Å². The van der Waals surface area contributed by atoms with Crippen molar-refractivity contribution in [1.82, 2.24) is 15.2 Å². The highest BCUT2D eigenvalue weighted by atomic mass is 15.2. The fraction of sp³-hybridized carbons (Fsp3) is 0.609. The molecule has 1 aliphatic carbocycles. The van der Waals surface area contributed by atoms with Crippen LogP contribution in [-0.4, -0.2) is 48.1 Å². The molecule has 27 heavy (non-hydrogen) atoms. The molecule has 4 nitrogen and oxygen atoms in total. The maximum Gasteiger partial charge on any atom is 0.133 e. The normalized spacial score (nSPS) is 22.4. The monoisotopic (exact) mass is 364 g/mol. The Bertz CT molecular complexity index is 771. The molecule has 0 amide bonds. The van der Waals surface area contributed by atoms with Gasteiger partial charge in [0, 0.05) is 42.7 Å². The first-order valence-electron chi connectivity index (χ1n) is 11.0. The third kappa shape index (κ3) is 3.97. The highest BCUT2D eigenvalue weighted by Crippen LogP contribution is 2.30. The Labute approximate surface area is 162 Å². The summed E-state index contributed by atoms with van der Waals surface area (Å²) in [6.45, 7) is 5.79. The van der Waals surface area contributed by atoms with Crippen LogP contribution in [0.2, 0.25) is 0 Å². The number of nitrogens with zero attached hydrogens (tertiary/aromatic N) is 3. The SMILES string of the molecule is c1ccc2nc(N3CCCCC3)c(CNC3CCN(C4CC4)CC3)cc2c1. The Balaban J connectivity index is 1.31. The van der Waals surface area contributed by atoms with Gasteiger partial charge in [-0.1, -0.05) is 18.2 Å². The summed E-state index contributed by atoms with van der Waals surface area (Å²) in [6, 6.07) is 12.5. The first-order chi connectivity index (χ1) is 13.4. The molecule has 0 unspecified atom stereocenters. The number of hydrogen-bond acceptors (Lipinski definition) is 4. The average molecular weight is 365 g/mol. The smallest absolute Gasteiger partial charge is 0.133 e. The number of anilines is 1. The number of aromatic nitrogens is 1. The molecular weight excluding hydrogens is 332 g/mol. The van der Waals surface area contributed by atoms with Gasteiger partial charge in [0.05, 0.1) is 5.52 Å². The summed E-state index contributed by atoms with van der Waals surface area (Å²) in [5.41, 5.74) is 2.50. The molecule has 3 fully saturated rings. The van der Waals surface area contributed by atoms with E-state index in [4.69, 9.17) is 4.98 Å². The van der Waals surface area contributed by atoms with E-state index < -0.39 is 0 Å². The van der Waals surface area contributed by atoms with E-state index in [0.29, 0.717) is 6.04 Å². The standard InChI is InChI=1S/C23H32N4/c1-4-12-27(13-5-1)23-19(16-18-6-2-3-7-22(18)25-23)17-24-20-10-14-26(15-11-20)21-8-9-21/h2-3,6-7,16,20-21,24H,1,4-5,8-15,17H2. The van der Waals surface area contributed by atoms with Gasteiger partial charge in [-0.25, -0.2) is 4.98 Å². The number of piperidine rings is 2. The molecule has 0 bridgehead atoms. The van der Waals surface area contributed by atoms with E-state index in [1.54, 1.807) is 0 Å².